The standard InChI is InChI=1S/C25H28N2O3/c1-26(2)21-14-10-19(11-15-21)23(20-12-16-22(17-13-20)27(3)4)30-24(25(28)29)18-8-6-5-7-9-18/h5-17,23-24H,1-4H3,(H,28,29). The molecule has 1 atom stereocenters. The van der Waals surface area contributed by atoms with E-state index < -0.39 is 18.2 Å². The average Bonchev–Trinajstić information content (AvgIpc) is 2.75. The summed E-state index contributed by atoms with van der Waals surface area (Å²) in [5, 5.41) is 9.86. The summed E-state index contributed by atoms with van der Waals surface area (Å²) in [4.78, 5) is 16.1. The van der Waals surface area contributed by atoms with Crippen molar-refractivity contribution in [2.24, 2.45) is 0 Å². The number of hydrogen-bond acceptors (Lipinski definition) is 4. The maximum absolute atomic E-state index is 12.0. The Labute approximate surface area is 178 Å². The lowest BCUT2D eigenvalue weighted by molar-refractivity contribution is -0.153. The topological polar surface area (TPSA) is 53.0 Å². The lowest BCUT2D eigenvalue weighted by atomic mass is 9.99. The van der Waals surface area contributed by atoms with Gasteiger partial charge in [-0.15, -0.1) is 0 Å². The second-order valence-corrected chi connectivity index (χ2v) is 7.62. The number of anilines is 2. The Balaban J connectivity index is 2.01. The van der Waals surface area contributed by atoms with E-state index in [4.69, 9.17) is 4.74 Å². The van der Waals surface area contributed by atoms with Crippen molar-refractivity contribution in [3.8, 4) is 0 Å². The molecule has 0 aromatic heterocycles. The molecule has 0 fully saturated rings. The number of rotatable bonds is 8. The van der Waals surface area contributed by atoms with Crippen LogP contribution in [0.3, 0.4) is 0 Å². The van der Waals surface area contributed by atoms with Gasteiger partial charge in [0.1, 0.15) is 6.10 Å². The van der Waals surface area contributed by atoms with Crippen molar-refractivity contribution in [3.63, 3.8) is 0 Å². The van der Waals surface area contributed by atoms with Crippen LogP contribution < -0.4 is 9.80 Å². The first-order chi connectivity index (χ1) is 14.4. The third kappa shape index (κ3) is 4.99. The SMILES string of the molecule is CN(C)c1ccc(C(OC(C(=O)O)c2ccccc2)c2ccc(N(C)C)cc2)cc1. The van der Waals surface area contributed by atoms with Gasteiger partial charge < -0.3 is 19.6 Å². The molecule has 1 unspecified atom stereocenters. The van der Waals surface area contributed by atoms with Gasteiger partial charge in [-0.1, -0.05) is 54.6 Å². The number of nitrogens with zero attached hydrogens (tertiary/aromatic N) is 2. The summed E-state index contributed by atoms with van der Waals surface area (Å²) in [6, 6.07) is 25.1. The van der Waals surface area contributed by atoms with Crippen LogP contribution in [0.25, 0.3) is 0 Å². The van der Waals surface area contributed by atoms with Crippen LogP contribution in [0.1, 0.15) is 28.9 Å². The van der Waals surface area contributed by atoms with Crippen LogP contribution in [-0.2, 0) is 9.53 Å². The minimum Gasteiger partial charge on any atom is -0.479 e. The lowest BCUT2D eigenvalue weighted by Crippen LogP contribution is -2.19. The molecule has 3 rings (SSSR count). The first-order valence-corrected chi connectivity index (χ1v) is 9.84. The zero-order valence-corrected chi connectivity index (χ0v) is 17.8. The highest BCUT2D eigenvalue weighted by atomic mass is 16.5. The van der Waals surface area contributed by atoms with Crippen LogP contribution in [-0.4, -0.2) is 39.3 Å². The molecule has 156 valence electrons. The normalized spacial score (nSPS) is 11.9. The molecule has 5 nitrogen and oxygen atoms in total. The smallest absolute Gasteiger partial charge is 0.337 e. The molecule has 0 amide bonds. The monoisotopic (exact) mass is 404 g/mol. The van der Waals surface area contributed by atoms with Crippen molar-refractivity contribution >= 4 is 17.3 Å². The molecule has 0 saturated carbocycles. The Hall–Kier alpha value is -3.31. The summed E-state index contributed by atoms with van der Waals surface area (Å²) < 4.78 is 6.24. The number of carboxylic acid groups (broad SMARTS) is 1. The van der Waals surface area contributed by atoms with Crippen LogP contribution in [0, 0.1) is 0 Å². The molecule has 0 aliphatic rings. The Bertz CT molecular complexity index is 900. The van der Waals surface area contributed by atoms with E-state index in [9.17, 15) is 9.90 Å². The fraction of sp³-hybridized carbons (Fsp3) is 0.240. The summed E-state index contributed by atoms with van der Waals surface area (Å²) in [7, 11) is 7.94. The van der Waals surface area contributed by atoms with Crippen molar-refractivity contribution in [1.82, 2.24) is 0 Å². The van der Waals surface area contributed by atoms with E-state index in [1.165, 1.54) is 0 Å². The minimum absolute atomic E-state index is 0.515. The maximum Gasteiger partial charge on any atom is 0.337 e. The molecule has 0 saturated heterocycles. The van der Waals surface area contributed by atoms with Gasteiger partial charge in [-0.25, -0.2) is 4.79 Å². The van der Waals surface area contributed by atoms with Gasteiger partial charge in [0.05, 0.1) is 0 Å². The van der Waals surface area contributed by atoms with Gasteiger partial charge in [0, 0.05) is 39.6 Å². The number of carbonyl (C=O) groups is 1. The fourth-order valence-corrected chi connectivity index (χ4v) is 3.29. The predicted molar refractivity (Wildman–Crippen MR) is 121 cm³/mol. The zero-order chi connectivity index (χ0) is 21.7. The Morgan fingerprint density at radius 3 is 1.50 bits per heavy atom. The van der Waals surface area contributed by atoms with E-state index in [1.54, 1.807) is 12.1 Å². The molecule has 0 heterocycles. The van der Waals surface area contributed by atoms with E-state index in [-0.39, 0.29) is 0 Å². The second kappa shape index (κ2) is 9.46. The molecule has 1 N–H and O–H groups in total. The highest BCUT2D eigenvalue weighted by molar-refractivity contribution is 5.74. The number of ether oxygens (including phenoxy) is 1. The van der Waals surface area contributed by atoms with Gasteiger partial charge >= 0.3 is 5.97 Å². The molecule has 0 aliphatic carbocycles. The minimum atomic E-state index is -1.07. The fourth-order valence-electron chi connectivity index (χ4n) is 3.29. The van der Waals surface area contributed by atoms with E-state index >= 15 is 0 Å². The Morgan fingerprint density at radius 2 is 1.13 bits per heavy atom. The molecule has 3 aromatic carbocycles. The summed E-state index contributed by atoms with van der Waals surface area (Å²) >= 11 is 0. The van der Waals surface area contributed by atoms with Gasteiger partial charge in [0.2, 0.25) is 0 Å². The lowest BCUT2D eigenvalue weighted by Gasteiger charge is -2.25. The second-order valence-electron chi connectivity index (χ2n) is 7.62. The average molecular weight is 405 g/mol. The summed E-state index contributed by atoms with van der Waals surface area (Å²) in [6.45, 7) is 0. The van der Waals surface area contributed by atoms with Crippen LogP contribution in [0.4, 0.5) is 11.4 Å². The van der Waals surface area contributed by atoms with Crippen molar-refractivity contribution in [1.29, 1.82) is 0 Å². The van der Waals surface area contributed by atoms with Gasteiger partial charge in [0.25, 0.3) is 0 Å². The predicted octanol–water partition coefficient (Wildman–Crippen LogP) is 4.75. The molecule has 3 aromatic rings. The van der Waals surface area contributed by atoms with E-state index in [2.05, 4.69) is 0 Å². The van der Waals surface area contributed by atoms with E-state index in [0.717, 1.165) is 22.5 Å². The molecular formula is C25H28N2O3. The molecule has 5 heteroatoms. The van der Waals surface area contributed by atoms with Crippen molar-refractivity contribution < 1.29 is 14.6 Å². The van der Waals surface area contributed by atoms with Crippen LogP contribution in [0.2, 0.25) is 0 Å². The van der Waals surface area contributed by atoms with Gasteiger partial charge in [-0.3, -0.25) is 0 Å². The van der Waals surface area contributed by atoms with Crippen LogP contribution >= 0.6 is 0 Å². The largest absolute Gasteiger partial charge is 0.479 e. The Kier molecular flexibility index (Phi) is 6.75. The summed E-state index contributed by atoms with van der Waals surface area (Å²) in [5.74, 6) is -1.01. The molecule has 30 heavy (non-hydrogen) atoms. The third-order valence-corrected chi connectivity index (χ3v) is 5.02. The summed E-state index contributed by atoms with van der Waals surface area (Å²) in [6.07, 6.45) is -1.59. The van der Waals surface area contributed by atoms with Gasteiger partial charge in [0.15, 0.2) is 6.10 Å². The first kappa shape index (κ1) is 21.4. The highest BCUT2D eigenvalue weighted by Crippen LogP contribution is 2.34. The molecule has 0 aliphatic heterocycles. The first-order valence-electron chi connectivity index (χ1n) is 9.84. The molecule has 0 bridgehead atoms. The van der Waals surface area contributed by atoms with Crippen LogP contribution in [0.5, 0.6) is 0 Å². The van der Waals surface area contributed by atoms with Crippen LogP contribution in [0.15, 0.2) is 78.9 Å². The number of hydrogen-bond donors (Lipinski definition) is 1. The van der Waals surface area contributed by atoms with Crippen molar-refractivity contribution in [2.75, 3.05) is 38.0 Å². The van der Waals surface area contributed by atoms with E-state index in [0.29, 0.717) is 5.56 Å². The number of carboxylic acids is 1. The molecular weight excluding hydrogens is 376 g/mol. The van der Waals surface area contributed by atoms with Crippen molar-refractivity contribution in [2.45, 2.75) is 12.2 Å². The molecule has 0 radical (unpaired) electrons. The maximum atomic E-state index is 12.0. The van der Waals surface area contributed by atoms with Gasteiger partial charge in [-0.2, -0.15) is 0 Å². The highest BCUT2D eigenvalue weighted by Gasteiger charge is 2.27. The van der Waals surface area contributed by atoms with Gasteiger partial charge in [-0.05, 0) is 41.0 Å². The number of benzene rings is 3. The molecule has 0 spiro atoms. The summed E-state index contributed by atoms with van der Waals surface area (Å²) in [5.41, 5.74) is 4.56. The number of aliphatic carboxylic acids is 1. The zero-order valence-electron chi connectivity index (χ0n) is 17.8. The quantitative estimate of drug-likeness (QED) is 0.587. The van der Waals surface area contributed by atoms with E-state index in [1.807, 2.05) is 105 Å². The Morgan fingerprint density at radius 1 is 0.700 bits per heavy atom. The third-order valence-electron chi connectivity index (χ3n) is 5.02. The van der Waals surface area contributed by atoms with Crippen molar-refractivity contribution in [3.05, 3.63) is 95.6 Å².